The van der Waals surface area contributed by atoms with Gasteiger partial charge in [0, 0.05) is 31.5 Å². The largest absolute Gasteiger partial charge is 0.439 e. The number of piperidine rings is 2. The number of rotatable bonds is 9. The van der Waals surface area contributed by atoms with Gasteiger partial charge in [-0.3, -0.25) is 9.69 Å². The number of aromatic nitrogens is 1. The molecule has 43 heavy (non-hydrogen) atoms. The number of carbonyl (C=O) groups excluding carboxylic acids is 1. The van der Waals surface area contributed by atoms with Gasteiger partial charge < -0.3 is 14.6 Å². The van der Waals surface area contributed by atoms with Crippen LogP contribution in [0.4, 0.5) is 35.1 Å². The van der Waals surface area contributed by atoms with Crippen LogP contribution in [0.3, 0.4) is 0 Å². The van der Waals surface area contributed by atoms with Gasteiger partial charge >= 0.3 is 12.4 Å². The van der Waals surface area contributed by atoms with Gasteiger partial charge in [0.2, 0.25) is 11.8 Å². The summed E-state index contributed by atoms with van der Waals surface area (Å²) >= 11 is 0. The molecule has 1 aromatic carbocycles. The van der Waals surface area contributed by atoms with Crippen molar-refractivity contribution in [1.29, 1.82) is 0 Å². The van der Waals surface area contributed by atoms with Crippen molar-refractivity contribution in [2.24, 2.45) is 11.8 Å². The molecule has 6 nitrogen and oxygen atoms in total. The monoisotopic (exact) mass is 624 g/mol. The number of carbonyl (C=O) groups is 1. The molecule has 0 aliphatic carbocycles. The summed E-state index contributed by atoms with van der Waals surface area (Å²) in [4.78, 5) is 20.5. The molecule has 2 aliphatic rings. The molecule has 240 valence electrons. The average molecular weight is 625 g/mol. The van der Waals surface area contributed by atoms with E-state index in [-0.39, 0.29) is 30.2 Å². The van der Waals surface area contributed by atoms with Crippen LogP contribution in [0.15, 0.2) is 22.6 Å². The second-order valence-electron chi connectivity index (χ2n) is 11.7. The van der Waals surface area contributed by atoms with Crippen molar-refractivity contribution in [3.8, 4) is 11.5 Å². The first-order chi connectivity index (χ1) is 20.0. The third-order valence-electron chi connectivity index (χ3n) is 7.96. The fourth-order valence-corrected chi connectivity index (χ4v) is 5.71. The van der Waals surface area contributed by atoms with E-state index >= 15 is 0 Å². The van der Waals surface area contributed by atoms with Gasteiger partial charge in [-0.1, -0.05) is 6.92 Å². The number of nitrogens with zero attached hydrogens (tertiary/aromatic N) is 3. The smallest absolute Gasteiger partial charge is 0.416 e. The molecule has 2 saturated heterocycles. The molecule has 1 amide bonds. The molecule has 3 heterocycles. The predicted octanol–water partition coefficient (Wildman–Crippen LogP) is 6.94. The first-order valence-corrected chi connectivity index (χ1v) is 14.4. The highest BCUT2D eigenvalue weighted by Gasteiger charge is 2.39. The van der Waals surface area contributed by atoms with Crippen LogP contribution in [0.2, 0.25) is 0 Å². The highest BCUT2D eigenvalue weighted by atomic mass is 19.4. The number of hydrogen-bond acceptors (Lipinski definition) is 5. The third-order valence-corrected chi connectivity index (χ3v) is 7.96. The minimum atomic E-state index is -5.12. The third kappa shape index (κ3) is 8.90. The average Bonchev–Trinajstić information content (AvgIpc) is 3.35. The van der Waals surface area contributed by atoms with Crippen LogP contribution in [0.1, 0.15) is 68.5 Å². The van der Waals surface area contributed by atoms with Crippen molar-refractivity contribution in [3.63, 3.8) is 0 Å². The summed E-state index contributed by atoms with van der Waals surface area (Å²) in [6.45, 7) is 6.90. The van der Waals surface area contributed by atoms with Crippen LogP contribution >= 0.6 is 0 Å². The van der Waals surface area contributed by atoms with E-state index in [9.17, 15) is 39.9 Å². The Morgan fingerprint density at radius 3 is 2.14 bits per heavy atom. The Morgan fingerprint density at radius 1 is 0.953 bits per heavy atom. The van der Waals surface area contributed by atoms with E-state index in [2.05, 4.69) is 22.1 Å². The number of amides is 1. The first kappa shape index (κ1) is 33.2. The second-order valence-corrected chi connectivity index (χ2v) is 11.7. The molecule has 0 saturated carbocycles. The SMILES string of the molecule is CC1CCCN(CCCNC(=O)C2CCN(Cc3oc(-c4cc(C(F)(F)F)cc(C(F)(F)F)c4)nc3C(C)(F)F)CC2)C1. The Morgan fingerprint density at radius 2 is 1.58 bits per heavy atom. The van der Waals surface area contributed by atoms with E-state index in [4.69, 9.17) is 4.42 Å². The standard InChI is InChI=1S/C29H36F8N4O2/c1-18-5-3-9-40(16-18)10-4-8-38-25(42)19-6-11-41(12-7-19)17-23-24(27(2,30)31)39-26(43-23)20-13-21(28(32,33)34)15-22(14-20)29(35,36)37/h13-15,18-19H,3-12,16-17H2,1-2H3,(H,38,42). The maximum Gasteiger partial charge on any atom is 0.416 e. The summed E-state index contributed by atoms with van der Waals surface area (Å²) in [6, 6.07) is 0.720. The van der Waals surface area contributed by atoms with Crippen molar-refractivity contribution < 1.29 is 44.3 Å². The van der Waals surface area contributed by atoms with Crippen molar-refractivity contribution in [3.05, 3.63) is 40.8 Å². The molecule has 4 rings (SSSR count). The summed E-state index contributed by atoms with van der Waals surface area (Å²) in [5, 5.41) is 2.98. The molecule has 14 heteroatoms. The van der Waals surface area contributed by atoms with Gasteiger partial charge in [0.1, 0.15) is 5.76 Å². The molecule has 1 unspecified atom stereocenters. The molecule has 0 radical (unpaired) electrons. The van der Waals surface area contributed by atoms with E-state index in [1.807, 2.05) is 0 Å². The maximum absolute atomic E-state index is 14.4. The summed E-state index contributed by atoms with van der Waals surface area (Å²) < 4.78 is 114. The molecule has 2 aromatic rings. The van der Waals surface area contributed by atoms with Gasteiger partial charge in [0.15, 0.2) is 5.69 Å². The fourth-order valence-electron chi connectivity index (χ4n) is 5.71. The van der Waals surface area contributed by atoms with Gasteiger partial charge in [-0.2, -0.15) is 35.1 Å². The Balaban J connectivity index is 1.39. The zero-order valence-electron chi connectivity index (χ0n) is 24.1. The minimum Gasteiger partial charge on any atom is -0.439 e. The zero-order chi connectivity index (χ0) is 31.6. The highest BCUT2D eigenvalue weighted by Crippen LogP contribution is 2.40. The lowest BCUT2D eigenvalue weighted by Gasteiger charge is -2.31. The number of benzene rings is 1. The lowest BCUT2D eigenvalue weighted by atomic mass is 9.95. The summed E-state index contributed by atoms with van der Waals surface area (Å²) in [7, 11) is 0. The summed E-state index contributed by atoms with van der Waals surface area (Å²) in [5.41, 5.74) is -4.80. The lowest BCUT2D eigenvalue weighted by molar-refractivity contribution is -0.143. The second kappa shape index (κ2) is 13.1. The summed E-state index contributed by atoms with van der Waals surface area (Å²) in [5.74, 6) is -4.34. The first-order valence-electron chi connectivity index (χ1n) is 14.4. The molecule has 0 spiro atoms. The quantitative estimate of drug-likeness (QED) is 0.242. The number of halogens is 8. The van der Waals surface area contributed by atoms with Crippen LogP contribution in [0, 0.1) is 11.8 Å². The van der Waals surface area contributed by atoms with Gasteiger partial charge in [-0.05, 0) is 82.4 Å². The van der Waals surface area contributed by atoms with Crippen LogP contribution in [-0.4, -0.2) is 60.0 Å². The molecule has 2 aliphatic heterocycles. The van der Waals surface area contributed by atoms with E-state index < -0.39 is 46.6 Å². The Kier molecular flexibility index (Phi) is 10.1. The van der Waals surface area contributed by atoms with Gasteiger partial charge in [0.05, 0.1) is 17.7 Å². The number of hydrogen-bond donors (Lipinski definition) is 1. The van der Waals surface area contributed by atoms with Crippen LogP contribution in [0.25, 0.3) is 11.5 Å². The van der Waals surface area contributed by atoms with Crippen molar-refractivity contribution in [2.45, 2.75) is 70.8 Å². The molecule has 1 N–H and O–H groups in total. The van der Waals surface area contributed by atoms with Crippen LogP contribution < -0.4 is 5.32 Å². The molecular weight excluding hydrogens is 588 g/mol. The zero-order valence-corrected chi connectivity index (χ0v) is 24.1. The maximum atomic E-state index is 14.4. The summed E-state index contributed by atoms with van der Waals surface area (Å²) in [6.07, 6.45) is -6.06. The normalized spacial score (nSPS) is 20.0. The van der Waals surface area contributed by atoms with Crippen LogP contribution in [0.5, 0.6) is 0 Å². The fraction of sp³-hybridized carbons (Fsp3) is 0.655. The highest BCUT2D eigenvalue weighted by molar-refractivity contribution is 5.78. The Hall–Kier alpha value is -2.74. The molecule has 2 fully saturated rings. The van der Waals surface area contributed by atoms with E-state index in [1.54, 1.807) is 4.90 Å². The van der Waals surface area contributed by atoms with Gasteiger partial charge in [-0.15, -0.1) is 0 Å². The Labute approximate surface area is 244 Å². The van der Waals surface area contributed by atoms with Crippen molar-refractivity contribution >= 4 is 5.91 Å². The molecule has 1 aromatic heterocycles. The number of nitrogens with one attached hydrogen (secondary N) is 1. The number of likely N-dealkylation sites (tertiary alicyclic amines) is 2. The number of alkyl halides is 8. The molecule has 1 atom stereocenters. The Bertz CT molecular complexity index is 1210. The van der Waals surface area contributed by atoms with Gasteiger partial charge in [-0.25, -0.2) is 4.98 Å². The van der Waals surface area contributed by atoms with E-state index in [0.29, 0.717) is 57.5 Å². The predicted molar refractivity (Wildman–Crippen MR) is 142 cm³/mol. The lowest BCUT2D eigenvalue weighted by Crippen LogP contribution is -2.41. The van der Waals surface area contributed by atoms with Gasteiger partial charge in [0.25, 0.3) is 5.92 Å². The van der Waals surface area contributed by atoms with E-state index in [1.165, 1.54) is 12.8 Å². The van der Waals surface area contributed by atoms with Crippen LogP contribution in [-0.2, 0) is 29.6 Å². The molecular formula is C29H36F8N4O2. The van der Waals surface area contributed by atoms with E-state index in [0.717, 1.165) is 26.1 Å². The topological polar surface area (TPSA) is 61.6 Å². The van der Waals surface area contributed by atoms with Crippen molar-refractivity contribution in [1.82, 2.24) is 20.1 Å². The molecule has 0 bridgehead atoms. The minimum absolute atomic E-state index is 0.0574. The number of oxazole rings is 1. The van der Waals surface area contributed by atoms with Crippen molar-refractivity contribution in [2.75, 3.05) is 39.3 Å².